The molecule has 0 bridgehead atoms. The summed E-state index contributed by atoms with van der Waals surface area (Å²) in [5, 5.41) is 3.62. The fourth-order valence-electron chi connectivity index (χ4n) is 3.75. The third-order valence-corrected chi connectivity index (χ3v) is 4.62. The number of pyridine rings is 1. The number of nitrogens with one attached hydrogen (secondary N) is 1. The van der Waals surface area contributed by atoms with Crippen molar-refractivity contribution in [2.75, 3.05) is 12.4 Å². The quantitative estimate of drug-likeness (QED) is 0.805. The Morgan fingerprint density at radius 3 is 2.88 bits per heavy atom. The number of rotatable bonds is 1. The second-order valence-corrected chi connectivity index (χ2v) is 5.78. The Morgan fingerprint density at radius 2 is 2.18 bits per heavy atom. The highest BCUT2D eigenvalue weighted by Crippen LogP contribution is 2.50. The molecule has 3 heteroatoms. The van der Waals surface area contributed by atoms with Gasteiger partial charge in [0.2, 0.25) is 0 Å². The smallest absolute Gasteiger partial charge is 0.0883 e. The highest BCUT2D eigenvalue weighted by Gasteiger charge is 2.51. The van der Waals surface area contributed by atoms with Crippen LogP contribution in [0.2, 0.25) is 0 Å². The lowest BCUT2D eigenvalue weighted by molar-refractivity contribution is 0.232. The minimum atomic E-state index is 0.433. The van der Waals surface area contributed by atoms with E-state index in [0.717, 1.165) is 0 Å². The van der Waals surface area contributed by atoms with Crippen molar-refractivity contribution in [3.63, 3.8) is 0 Å². The lowest BCUT2D eigenvalue weighted by atomic mass is 9.80. The van der Waals surface area contributed by atoms with Gasteiger partial charge in [-0.25, -0.2) is 0 Å². The molecule has 2 aliphatic heterocycles. The number of fused-ring (bicyclic) bond motifs is 3. The Kier molecular flexibility index (Phi) is 2.40. The summed E-state index contributed by atoms with van der Waals surface area (Å²) >= 11 is 0. The maximum Gasteiger partial charge on any atom is 0.0883 e. The van der Waals surface area contributed by atoms with Crippen molar-refractivity contribution >= 4 is 5.69 Å². The zero-order valence-electron chi connectivity index (χ0n) is 11.0. The lowest BCUT2D eigenvalue weighted by Crippen LogP contribution is -2.36. The van der Waals surface area contributed by atoms with Crippen LogP contribution in [0.1, 0.15) is 32.4 Å². The molecule has 3 heterocycles. The van der Waals surface area contributed by atoms with Crippen molar-refractivity contribution in [3.05, 3.63) is 24.0 Å². The van der Waals surface area contributed by atoms with Gasteiger partial charge in [-0.15, -0.1) is 0 Å². The van der Waals surface area contributed by atoms with Gasteiger partial charge >= 0.3 is 0 Å². The van der Waals surface area contributed by atoms with Gasteiger partial charge in [-0.05, 0) is 37.9 Å². The van der Waals surface area contributed by atoms with E-state index in [-0.39, 0.29) is 0 Å². The highest BCUT2D eigenvalue weighted by atomic mass is 15.3. The Labute approximate surface area is 103 Å². The molecule has 0 saturated carbocycles. The number of hydrogen-bond donors (Lipinski definition) is 1. The molecule has 1 aromatic heterocycles. The average Bonchev–Trinajstić information content (AvgIpc) is 2.77. The SMILES string of the molecule is CC(C)C1C2c3ncccc3NC2N(C)C1C. The number of hydrogen-bond acceptors (Lipinski definition) is 3. The van der Waals surface area contributed by atoms with Crippen LogP contribution in [-0.4, -0.2) is 29.1 Å². The van der Waals surface area contributed by atoms with Crippen molar-refractivity contribution in [3.8, 4) is 0 Å². The summed E-state index contributed by atoms with van der Waals surface area (Å²) in [6, 6.07) is 4.78. The summed E-state index contributed by atoms with van der Waals surface area (Å²) in [6.07, 6.45) is 2.35. The molecule has 4 atom stereocenters. The predicted octanol–water partition coefficient (Wildman–Crippen LogP) is 2.52. The van der Waals surface area contributed by atoms with Gasteiger partial charge in [0.25, 0.3) is 0 Å². The Bertz CT molecular complexity index is 429. The van der Waals surface area contributed by atoms with Gasteiger partial charge in [-0.1, -0.05) is 13.8 Å². The summed E-state index contributed by atoms with van der Waals surface area (Å²) in [6.45, 7) is 7.00. The van der Waals surface area contributed by atoms with Crippen LogP contribution in [0, 0.1) is 11.8 Å². The minimum absolute atomic E-state index is 0.433. The summed E-state index contributed by atoms with van der Waals surface area (Å²) in [5.41, 5.74) is 2.50. The van der Waals surface area contributed by atoms with Crippen LogP contribution in [-0.2, 0) is 0 Å². The lowest BCUT2D eigenvalue weighted by Gasteiger charge is -2.26. The molecule has 3 nitrogen and oxygen atoms in total. The molecule has 0 spiro atoms. The van der Waals surface area contributed by atoms with E-state index >= 15 is 0 Å². The van der Waals surface area contributed by atoms with E-state index in [1.807, 2.05) is 12.3 Å². The number of aromatic nitrogens is 1. The van der Waals surface area contributed by atoms with Crippen LogP contribution < -0.4 is 5.32 Å². The summed E-state index contributed by atoms with van der Waals surface area (Å²) in [7, 11) is 2.23. The monoisotopic (exact) mass is 231 g/mol. The standard InChI is InChI=1S/C14H21N3/c1-8(2)11-9(3)17(4)14-12(11)13-10(16-14)6-5-7-15-13/h5-9,11-12,14,16H,1-4H3. The molecule has 1 fully saturated rings. The second kappa shape index (κ2) is 3.70. The van der Waals surface area contributed by atoms with Gasteiger partial charge in [0.15, 0.2) is 0 Å². The number of likely N-dealkylation sites (tertiary alicyclic amines) is 1. The van der Waals surface area contributed by atoms with E-state index in [2.05, 4.69) is 49.1 Å². The first-order valence-corrected chi connectivity index (χ1v) is 6.54. The molecule has 2 aliphatic rings. The van der Waals surface area contributed by atoms with Gasteiger partial charge < -0.3 is 5.32 Å². The van der Waals surface area contributed by atoms with Gasteiger partial charge in [0.1, 0.15) is 0 Å². The molecular weight excluding hydrogens is 210 g/mol. The Balaban J connectivity index is 2.05. The van der Waals surface area contributed by atoms with E-state index in [9.17, 15) is 0 Å². The van der Waals surface area contributed by atoms with Gasteiger partial charge in [0.05, 0.1) is 17.5 Å². The number of likely N-dealkylation sites (N-methyl/N-ethyl adjacent to an activating group) is 1. The van der Waals surface area contributed by atoms with Gasteiger partial charge in [-0.2, -0.15) is 0 Å². The van der Waals surface area contributed by atoms with Crippen molar-refractivity contribution in [2.45, 2.75) is 38.9 Å². The van der Waals surface area contributed by atoms with Crippen molar-refractivity contribution < 1.29 is 0 Å². The Morgan fingerprint density at radius 1 is 1.41 bits per heavy atom. The van der Waals surface area contributed by atoms with Crippen molar-refractivity contribution in [1.82, 2.24) is 9.88 Å². The Hall–Kier alpha value is -1.09. The second-order valence-electron chi connectivity index (χ2n) is 5.78. The maximum absolute atomic E-state index is 4.61. The average molecular weight is 231 g/mol. The first-order valence-electron chi connectivity index (χ1n) is 6.54. The third-order valence-electron chi connectivity index (χ3n) is 4.62. The van der Waals surface area contributed by atoms with E-state index in [1.165, 1.54) is 11.4 Å². The molecular formula is C14H21N3. The molecule has 92 valence electrons. The minimum Gasteiger partial charge on any atom is -0.368 e. The highest BCUT2D eigenvalue weighted by molar-refractivity contribution is 5.57. The molecule has 0 aromatic carbocycles. The molecule has 17 heavy (non-hydrogen) atoms. The van der Waals surface area contributed by atoms with Crippen molar-refractivity contribution in [1.29, 1.82) is 0 Å². The fourth-order valence-corrected chi connectivity index (χ4v) is 3.75. The molecule has 0 aliphatic carbocycles. The van der Waals surface area contributed by atoms with E-state index < -0.39 is 0 Å². The first kappa shape index (κ1) is 11.0. The fraction of sp³-hybridized carbons (Fsp3) is 0.643. The number of anilines is 1. The van der Waals surface area contributed by atoms with Crippen LogP contribution in [0.15, 0.2) is 18.3 Å². The number of nitrogens with zero attached hydrogens (tertiary/aromatic N) is 2. The van der Waals surface area contributed by atoms with Crippen LogP contribution >= 0.6 is 0 Å². The zero-order chi connectivity index (χ0) is 12.2. The molecule has 3 rings (SSSR count). The van der Waals surface area contributed by atoms with Crippen LogP contribution in [0.3, 0.4) is 0 Å². The zero-order valence-corrected chi connectivity index (χ0v) is 11.0. The van der Waals surface area contributed by atoms with Gasteiger partial charge in [0, 0.05) is 18.2 Å². The topological polar surface area (TPSA) is 28.2 Å². The van der Waals surface area contributed by atoms with Crippen molar-refractivity contribution in [2.24, 2.45) is 11.8 Å². The van der Waals surface area contributed by atoms with Crippen LogP contribution in [0.25, 0.3) is 0 Å². The van der Waals surface area contributed by atoms with E-state index in [1.54, 1.807) is 0 Å². The third kappa shape index (κ3) is 1.41. The van der Waals surface area contributed by atoms with E-state index in [4.69, 9.17) is 0 Å². The summed E-state index contributed by atoms with van der Waals surface area (Å²) in [5.74, 6) is 1.93. The summed E-state index contributed by atoms with van der Waals surface area (Å²) in [4.78, 5) is 7.08. The van der Waals surface area contributed by atoms with Gasteiger partial charge in [-0.3, -0.25) is 9.88 Å². The normalized spacial score (nSPS) is 35.8. The largest absolute Gasteiger partial charge is 0.368 e. The first-order chi connectivity index (χ1) is 8.11. The molecule has 0 amide bonds. The van der Waals surface area contributed by atoms with Crippen LogP contribution in [0.5, 0.6) is 0 Å². The molecule has 0 radical (unpaired) electrons. The predicted molar refractivity (Wildman–Crippen MR) is 69.9 cm³/mol. The molecule has 4 unspecified atom stereocenters. The van der Waals surface area contributed by atoms with E-state index in [0.29, 0.717) is 30.0 Å². The molecule has 1 N–H and O–H groups in total. The molecule has 1 aromatic rings. The summed E-state index contributed by atoms with van der Waals surface area (Å²) < 4.78 is 0. The van der Waals surface area contributed by atoms with Crippen LogP contribution in [0.4, 0.5) is 5.69 Å². The maximum atomic E-state index is 4.61. The molecule has 1 saturated heterocycles.